The molecule has 1 aromatic heterocycles. The summed E-state index contributed by atoms with van der Waals surface area (Å²) in [6, 6.07) is 10.3. The Hall–Kier alpha value is -2.14. The zero-order chi connectivity index (χ0) is 15.4. The van der Waals surface area contributed by atoms with E-state index in [4.69, 9.17) is 9.47 Å². The average Bonchev–Trinajstić information content (AvgIpc) is 2.97. The van der Waals surface area contributed by atoms with Crippen LogP contribution in [0.25, 0.3) is 0 Å². The first-order chi connectivity index (χ1) is 10.8. The lowest BCUT2D eigenvalue weighted by atomic mass is 9.89. The molecule has 0 aliphatic heterocycles. The molecule has 116 valence electrons. The van der Waals surface area contributed by atoms with E-state index in [1.165, 1.54) is 5.56 Å². The molecule has 2 atom stereocenters. The number of rotatable bonds is 6. The number of hydrogen-bond acceptors (Lipinski definition) is 4. The molecule has 1 fully saturated rings. The largest absolute Gasteiger partial charge is 0.462 e. The van der Waals surface area contributed by atoms with Crippen LogP contribution in [0.2, 0.25) is 0 Å². The van der Waals surface area contributed by atoms with Crippen LogP contribution in [-0.2, 0) is 16.1 Å². The zero-order valence-electron chi connectivity index (χ0n) is 12.6. The zero-order valence-corrected chi connectivity index (χ0v) is 12.6. The Kier molecular flexibility index (Phi) is 4.53. The lowest BCUT2D eigenvalue weighted by molar-refractivity contribution is -0.0530. The minimum Gasteiger partial charge on any atom is -0.462 e. The first kappa shape index (κ1) is 14.8. The van der Waals surface area contributed by atoms with Gasteiger partial charge in [0.1, 0.15) is 0 Å². The van der Waals surface area contributed by atoms with Gasteiger partial charge >= 0.3 is 5.97 Å². The van der Waals surface area contributed by atoms with E-state index >= 15 is 0 Å². The molecule has 0 radical (unpaired) electrons. The van der Waals surface area contributed by atoms with Crippen LogP contribution in [0.15, 0.2) is 42.7 Å². The molecule has 5 heteroatoms. The maximum atomic E-state index is 11.7. The normalized spacial score (nSPS) is 20.4. The summed E-state index contributed by atoms with van der Waals surface area (Å²) in [7, 11) is 0. The Morgan fingerprint density at radius 3 is 2.82 bits per heavy atom. The van der Waals surface area contributed by atoms with Crippen LogP contribution in [0.4, 0.5) is 0 Å². The highest BCUT2D eigenvalue weighted by atomic mass is 16.5. The molecule has 22 heavy (non-hydrogen) atoms. The number of aromatic nitrogens is 2. The fraction of sp³-hybridized carbons (Fsp3) is 0.412. The fourth-order valence-corrected chi connectivity index (χ4v) is 2.57. The van der Waals surface area contributed by atoms with Crippen LogP contribution in [-0.4, -0.2) is 28.5 Å². The summed E-state index contributed by atoms with van der Waals surface area (Å²) in [5, 5.41) is 4.28. The predicted octanol–water partition coefficient (Wildman–Crippen LogP) is 2.98. The van der Waals surface area contributed by atoms with Gasteiger partial charge in [-0.3, -0.25) is 4.68 Å². The van der Waals surface area contributed by atoms with Crippen molar-refractivity contribution < 1.29 is 14.3 Å². The molecule has 0 saturated heterocycles. The molecule has 0 spiro atoms. The first-order valence-electron chi connectivity index (χ1n) is 7.64. The molecule has 2 aromatic rings. The highest BCUT2D eigenvalue weighted by Gasteiger charge is 2.34. The van der Waals surface area contributed by atoms with E-state index in [-0.39, 0.29) is 18.1 Å². The smallest absolute Gasteiger partial charge is 0.341 e. The van der Waals surface area contributed by atoms with Gasteiger partial charge < -0.3 is 9.47 Å². The standard InChI is InChI=1S/C17H20N2O3/c1-2-21-17(20)14-10-18-19(11-14)15-8-9-16(15)22-12-13-6-4-3-5-7-13/h3-7,10-11,15-16H,2,8-9,12H2,1H3/t15-,16-/m1/s1. The molecule has 0 N–H and O–H groups in total. The Balaban J connectivity index is 1.57. The lowest BCUT2D eigenvalue weighted by Gasteiger charge is -2.36. The van der Waals surface area contributed by atoms with E-state index in [2.05, 4.69) is 17.2 Å². The summed E-state index contributed by atoms with van der Waals surface area (Å²) in [5.74, 6) is -0.324. The van der Waals surface area contributed by atoms with E-state index in [0.29, 0.717) is 18.8 Å². The summed E-state index contributed by atoms with van der Waals surface area (Å²) in [4.78, 5) is 11.7. The van der Waals surface area contributed by atoms with Gasteiger partial charge in [-0.15, -0.1) is 0 Å². The van der Waals surface area contributed by atoms with Crippen molar-refractivity contribution in [3.05, 3.63) is 53.9 Å². The number of carbonyl (C=O) groups is 1. The molecule has 0 amide bonds. The fourth-order valence-electron chi connectivity index (χ4n) is 2.57. The van der Waals surface area contributed by atoms with E-state index in [1.54, 1.807) is 19.3 Å². The van der Waals surface area contributed by atoms with Gasteiger partial charge in [0.05, 0.1) is 37.1 Å². The summed E-state index contributed by atoms with van der Waals surface area (Å²) in [5.41, 5.74) is 1.66. The number of nitrogens with zero attached hydrogens (tertiary/aromatic N) is 2. The van der Waals surface area contributed by atoms with Crippen molar-refractivity contribution in [1.82, 2.24) is 9.78 Å². The van der Waals surface area contributed by atoms with Gasteiger partial charge in [-0.2, -0.15) is 5.10 Å². The van der Waals surface area contributed by atoms with Crippen LogP contribution in [0.5, 0.6) is 0 Å². The van der Waals surface area contributed by atoms with Gasteiger partial charge in [-0.25, -0.2) is 4.79 Å². The van der Waals surface area contributed by atoms with Crippen molar-refractivity contribution in [2.24, 2.45) is 0 Å². The third kappa shape index (κ3) is 3.20. The summed E-state index contributed by atoms with van der Waals surface area (Å²) >= 11 is 0. The van der Waals surface area contributed by atoms with E-state index in [9.17, 15) is 4.79 Å². The van der Waals surface area contributed by atoms with Gasteiger partial charge in [-0.1, -0.05) is 30.3 Å². The molecule has 0 bridgehead atoms. The van der Waals surface area contributed by atoms with E-state index < -0.39 is 0 Å². The number of benzene rings is 1. The van der Waals surface area contributed by atoms with Crippen molar-refractivity contribution >= 4 is 5.97 Å². The lowest BCUT2D eigenvalue weighted by Crippen LogP contribution is -2.36. The molecule has 1 aliphatic rings. The van der Waals surface area contributed by atoms with Crippen LogP contribution < -0.4 is 0 Å². The van der Waals surface area contributed by atoms with Gasteiger partial charge in [-0.05, 0) is 25.3 Å². The molecular formula is C17H20N2O3. The number of hydrogen-bond donors (Lipinski definition) is 0. The van der Waals surface area contributed by atoms with Crippen LogP contribution in [0, 0.1) is 0 Å². The molecule has 5 nitrogen and oxygen atoms in total. The second kappa shape index (κ2) is 6.75. The third-order valence-electron chi connectivity index (χ3n) is 3.94. The van der Waals surface area contributed by atoms with E-state index in [0.717, 1.165) is 12.8 Å². The average molecular weight is 300 g/mol. The van der Waals surface area contributed by atoms with Gasteiger partial charge in [0.15, 0.2) is 0 Å². The topological polar surface area (TPSA) is 53.3 Å². The van der Waals surface area contributed by atoms with Gasteiger partial charge in [0.25, 0.3) is 0 Å². The first-order valence-corrected chi connectivity index (χ1v) is 7.64. The van der Waals surface area contributed by atoms with Crippen molar-refractivity contribution in [1.29, 1.82) is 0 Å². The second-order valence-corrected chi connectivity index (χ2v) is 5.41. The minimum atomic E-state index is -0.324. The summed E-state index contributed by atoms with van der Waals surface area (Å²) in [6.45, 7) is 2.77. The highest BCUT2D eigenvalue weighted by Crippen LogP contribution is 2.35. The quantitative estimate of drug-likeness (QED) is 0.770. The molecule has 1 aliphatic carbocycles. The maximum absolute atomic E-state index is 11.7. The summed E-state index contributed by atoms with van der Waals surface area (Å²) in [6.07, 6.45) is 5.50. The molecule has 1 heterocycles. The molecule has 3 rings (SSSR count). The Bertz CT molecular complexity index is 624. The number of carbonyl (C=O) groups excluding carboxylic acids is 1. The predicted molar refractivity (Wildman–Crippen MR) is 81.5 cm³/mol. The molecular weight excluding hydrogens is 280 g/mol. The monoisotopic (exact) mass is 300 g/mol. The van der Waals surface area contributed by atoms with Crippen molar-refractivity contribution in [2.45, 2.75) is 38.5 Å². The number of esters is 1. The van der Waals surface area contributed by atoms with Gasteiger partial charge in [0.2, 0.25) is 0 Å². The van der Waals surface area contributed by atoms with Crippen LogP contribution >= 0.6 is 0 Å². The van der Waals surface area contributed by atoms with Crippen LogP contribution in [0.1, 0.15) is 41.7 Å². The Labute approximate surface area is 129 Å². The molecule has 1 aromatic carbocycles. The van der Waals surface area contributed by atoms with Gasteiger partial charge in [0, 0.05) is 6.20 Å². The van der Waals surface area contributed by atoms with Crippen molar-refractivity contribution in [3.8, 4) is 0 Å². The SMILES string of the molecule is CCOC(=O)c1cnn([C@@H]2CC[C@H]2OCc2ccccc2)c1. The Morgan fingerprint density at radius 2 is 2.14 bits per heavy atom. The maximum Gasteiger partial charge on any atom is 0.341 e. The molecule has 1 saturated carbocycles. The Morgan fingerprint density at radius 1 is 1.32 bits per heavy atom. The molecule has 0 unspecified atom stereocenters. The minimum absolute atomic E-state index is 0.148. The third-order valence-corrected chi connectivity index (χ3v) is 3.94. The van der Waals surface area contributed by atoms with Crippen LogP contribution in [0.3, 0.4) is 0 Å². The second-order valence-electron chi connectivity index (χ2n) is 5.41. The van der Waals surface area contributed by atoms with E-state index in [1.807, 2.05) is 22.9 Å². The van der Waals surface area contributed by atoms with Crippen molar-refractivity contribution in [3.63, 3.8) is 0 Å². The number of ether oxygens (including phenoxy) is 2. The highest BCUT2D eigenvalue weighted by molar-refractivity contribution is 5.88. The summed E-state index contributed by atoms with van der Waals surface area (Å²) < 4.78 is 12.8. The van der Waals surface area contributed by atoms with Crippen molar-refractivity contribution in [2.75, 3.05) is 6.61 Å².